The van der Waals surface area contributed by atoms with Gasteiger partial charge in [0.05, 0.1) is 0 Å². The molecule has 18 heavy (non-hydrogen) atoms. The van der Waals surface area contributed by atoms with Gasteiger partial charge in [-0.05, 0) is 40.0 Å². The van der Waals surface area contributed by atoms with Crippen molar-refractivity contribution in [1.29, 1.82) is 0 Å². The van der Waals surface area contributed by atoms with Gasteiger partial charge in [0.1, 0.15) is 5.82 Å². The highest BCUT2D eigenvalue weighted by molar-refractivity contribution is 4.95. The first-order chi connectivity index (χ1) is 8.74. The van der Waals surface area contributed by atoms with E-state index in [1.807, 2.05) is 13.2 Å². The number of nitrogens with zero attached hydrogens (tertiary/aromatic N) is 3. The fraction of sp³-hybridized carbons (Fsp3) is 0.786. The SMILES string of the molecule is CCN(CC)CCC(Cc1nccn1CC)NC. The van der Waals surface area contributed by atoms with Crippen molar-refractivity contribution in [2.45, 2.75) is 46.2 Å². The normalized spacial score (nSPS) is 13.2. The summed E-state index contributed by atoms with van der Waals surface area (Å²) in [4.78, 5) is 6.92. The lowest BCUT2D eigenvalue weighted by atomic mass is 10.1. The molecule has 0 aliphatic carbocycles. The van der Waals surface area contributed by atoms with Gasteiger partial charge in [0, 0.05) is 31.4 Å². The topological polar surface area (TPSA) is 33.1 Å². The smallest absolute Gasteiger partial charge is 0.110 e. The largest absolute Gasteiger partial charge is 0.335 e. The van der Waals surface area contributed by atoms with Gasteiger partial charge < -0.3 is 14.8 Å². The second-order valence-corrected chi connectivity index (χ2v) is 4.63. The first-order valence-corrected chi connectivity index (χ1v) is 7.14. The number of aromatic nitrogens is 2. The molecule has 0 saturated heterocycles. The molecule has 1 aromatic heterocycles. The summed E-state index contributed by atoms with van der Waals surface area (Å²) >= 11 is 0. The molecule has 1 heterocycles. The lowest BCUT2D eigenvalue weighted by Gasteiger charge is -2.22. The minimum atomic E-state index is 0.512. The Morgan fingerprint density at radius 3 is 2.61 bits per heavy atom. The van der Waals surface area contributed by atoms with E-state index >= 15 is 0 Å². The number of likely N-dealkylation sites (N-methyl/N-ethyl adjacent to an activating group) is 1. The van der Waals surface area contributed by atoms with Crippen molar-refractivity contribution in [2.24, 2.45) is 0 Å². The molecule has 1 N–H and O–H groups in total. The maximum absolute atomic E-state index is 4.45. The van der Waals surface area contributed by atoms with Crippen LogP contribution in [-0.2, 0) is 13.0 Å². The summed E-state index contributed by atoms with van der Waals surface area (Å²) in [7, 11) is 2.05. The summed E-state index contributed by atoms with van der Waals surface area (Å²) in [6, 6.07) is 0.512. The predicted molar refractivity (Wildman–Crippen MR) is 76.9 cm³/mol. The minimum absolute atomic E-state index is 0.512. The molecule has 1 rings (SSSR count). The Balaban J connectivity index is 2.46. The number of aryl methyl sites for hydroxylation is 1. The van der Waals surface area contributed by atoms with Gasteiger partial charge in [0.15, 0.2) is 0 Å². The van der Waals surface area contributed by atoms with Crippen LogP contribution in [0.4, 0.5) is 0 Å². The van der Waals surface area contributed by atoms with E-state index in [0.717, 1.165) is 32.6 Å². The van der Waals surface area contributed by atoms with Crippen molar-refractivity contribution in [1.82, 2.24) is 19.8 Å². The van der Waals surface area contributed by atoms with Crippen LogP contribution in [0.15, 0.2) is 12.4 Å². The molecule has 0 aromatic carbocycles. The molecule has 0 bridgehead atoms. The first kappa shape index (κ1) is 15.2. The molecule has 0 aliphatic heterocycles. The van der Waals surface area contributed by atoms with E-state index < -0.39 is 0 Å². The van der Waals surface area contributed by atoms with Gasteiger partial charge in [0.25, 0.3) is 0 Å². The molecule has 1 atom stereocenters. The van der Waals surface area contributed by atoms with Crippen LogP contribution >= 0.6 is 0 Å². The molecule has 0 aliphatic rings. The third kappa shape index (κ3) is 4.42. The maximum Gasteiger partial charge on any atom is 0.110 e. The average Bonchev–Trinajstić information content (AvgIpc) is 2.85. The summed E-state index contributed by atoms with van der Waals surface area (Å²) in [6.45, 7) is 11.0. The molecule has 0 spiro atoms. The van der Waals surface area contributed by atoms with Gasteiger partial charge in [-0.1, -0.05) is 13.8 Å². The molecule has 104 valence electrons. The van der Waals surface area contributed by atoms with Gasteiger partial charge in [-0.3, -0.25) is 0 Å². The van der Waals surface area contributed by atoms with E-state index in [0.29, 0.717) is 6.04 Å². The number of hydrogen-bond donors (Lipinski definition) is 1. The van der Waals surface area contributed by atoms with Gasteiger partial charge in [-0.2, -0.15) is 0 Å². The van der Waals surface area contributed by atoms with Crippen LogP contribution < -0.4 is 5.32 Å². The highest BCUT2D eigenvalue weighted by Gasteiger charge is 2.12. The summed E-state index contributed by atoms with van der Waals surface area (Å²) in [5.41, 5.74) is 0. The Morgan fingerprint density at radius 2 is 2.06 bits per heavy atom. The zero-order valence-electron chi connectivity index (χ0n) is 12.3. The molecule has 4 nitrogen and oxygen atoms in total. The van der Waals surface area contributed by atoms with Crippen molar-refractivity contribution in [3.8, 4) is 0 Å². The molecular formula is C14H28N4. The fourth-order valence-corrected chi connectivity index (χ4v) is 2.27. The lowest BCUT2D eigenvalue weighted by molar-refractivity contribution is 0.282. The van der Waals surface area contributed by atoms with Gasteiger partial charge in [-0.15, -0.1) is 0 Å². The van der Waals surface area contributed by atoms with E-state index in [-0.39, 0.29) is 0 Å². The predicted octanol–water partition coefficient (Wildman–Crippen LogP) is 1.77. The van der Waals surface area contributed by atoms with Gasteiger partial charge >= 0.3 is 0 Å². The third-order valence-electron chi connectivity index (χ3n) is 3.67. The van der Waals surface area contributed by atoms with Gasteiger partial charge in [0.2, 0.25) is 0 Å². The quantitative estimate of drug-likeness (QED) is 0.727. The van der Waals surface area contributed by atoms with Crippen LogP contribution in [0.2, 0.25) is 0 Å². The van der Waals surface area contributed by atoms with E-state index in [2.05, 4.69) is 46.7 Å². The molecule has 4 heteroatoms. The molecule has 0 radical (unpaired) electrons. The van der Waals surface area contributed by atoms with Crippen LogP contribution in [0.3, 0.4) is 0 Å². The van der Waals surface area contributed by atoms with Crippen LogP contribution in [0.1, 0.15) is 33.0 Å². The molecule has 1 aromatic rings. The Bertz CT molecular complexity index is 317. The molecule has 0 saturated carbocycles. The third-order valence-corrected chi connectivity index (χ3v) is 3.67. The fourth-order valence-electron chi connectivity index (χ4n) is 2.27. The molecule has 0 fully saturated rings. The maximum atomic E-state index is 4.45. The second-order valence-electron chi connectivity index (χ2n) is 4.63. The monoisotopic (exact) mass is 252 g/mol. The summed E-state index contributed by atoms with van der Waals surface area (Å²) in [5.74, 6) is 1.19. The number of rotatable bonds is 9. The number of nitrogens with one attached hydrogen (secondary N) is 1. The summed E-state index contributed by atoms with van der Waals surface area (Å²) < 4.78 is 2.22. The van der Waals surface area contributed by atoms with Crippen LogP contribution in [0.25, 0.3) is 0 Å². The number of imidazole rings is 1. The standard InChI is InChI=1S/C14H28N4/c1-5-17(6-2)10-8-13(15-4)12-14-16-9-11-18(14)7-3/h9,11,13,15H,5-8,10,12H2,1-4H3. The van der Waals surface area contributed by atoms with Crippen LogP contribution in [0.5, 0.6) is 0 Å². The van der Waals surface area contributed by atoms with Crippen LogP contribution in [0, 0.1) is 0 Å². The highest BCUT2D eigenvalue weighted by atomic mass is 15.1. The summed E-state index contributed by atoms with van der Waals surface area (Å²) in [6.07, 6.45) is 6.15. The number of hydrogen-bond acceptors (Lipinski definition) is 3. The second kappa shape index (κ2) is 8.27. The zero-order chi connectivity index (χ0) is 13.4. The molecular weight excluding hydrogens is 224 g/mol. The van der Waals surface area contributed by atoms with Crippen molar-refractivity contribution in [3.05, 3.63) is 18.2 Å². The van der Waals surface area contributed by atoms with Crippen molar-refractivity contribution < 1.29 is 0 Å². The Kier molecular flexibility index (Phi) is 6.98. The van der Waals surface area contributed by atoms with Crippen molar-refractivity contribution >= 4 is 0 Å². The Hall–Kier alpha value is -0.870. The molecule has 0 amide bonds. The first-order valence-electron chi connectivity index (χ1n) is 7.14. The Morgan fingerprint density at radius 1 is 1.33 bits per heavy atom. The minimum Gasteiger partial charge on any atom is -0.335 e. The van der Waals surface area contributed by atoms with Gasteiger partial charge in [-0.25, -0.2) is 4.98 Å². The van der Waals surface area contributed by atoms with Crippen LogP contribution in [-0.4, -0.2) is 47.2 Å². The lowest BCUT2D eigenvalue weighted by Crippen LogP contribution is -2.34. The van der Waals surface area contributed by atoms with Crippen molar-refractivity contribution in [3.63, 3.8) is 0 Å². The average molecular weight is 252 g/mol. The summed E-state index contributed by atoms with van der Waals surface area (Å²) in [5, 5.41) is 3.42. The van der Waals surface area contributed by atoms with E-state index in [1.54, 1.807) is 0 Å². The van der Waals surface area contributed by atoms with E-state index in [4.69, 9.17) is 0 Å². The van der Waals surface area contributed by atoms with Crippen molar-refractivity contribution in [2.75, 3.05) is 26.7 Å². The Labute approximate surface area is 111 Å². The molecule has 1 unspecified atom stereocenters. The zero-order valence-corrected chi connectivity index (χ0v) is 12.3. The van der Waals surface area contributed by atoms with E-state index in [9.17, 15) is 0 Å². The van der Waals surface area contributed by atoms with E-state index in [1.165, 1.54) is 12.2 Å². The highest BCUT2D eigenvalue weighted by Crippen LogP contribution is 2.05.